The second-order valence-corrected chi connectivity index (χ2v) is 6.95. The van der Waals surface area contributed by atoms with Crippen LogP contribution in [0.2, 0.25) is 5.02 Å². The highest BCUT2D eigenvalue weighted by atomic mass is 35.5. The molecular formula is C18H20ClN5O. The Morgan fingerprint density at radius 1 is 1.32 bits per heavy atom. The summed E-state index contributed by atoms with van der Waals surface area (Å²) in [5, 5.41) is 0.738. The summed E-state index contributed by atoms with van der Waals surface area (Å²) >= 11 is 6.17. The zero-order chi connectivity index (χ0) is 17.2. The first kappa shape index (κ1) is 16.4. The van der Waals surface area contributed by atoms with Crippen molar-refractivity contribution in [1.82, 2.24) is 25.7 Å². The van der Waals surface area contributed by atoms with Crippen LogP contribution in [-0.4, -0.2) is 45.9 Å². The summed E-state index contributed by atoms with van der Waals surface area (Å²) in [6.07, 6.45) is 6.64. The molecule has 6 nitrogen and oxygen atoms in total. The van der Waals surface area contributed by atoms with E-state index in [-0.39, 0.29) is 23.9 Å². The van der Waals surface area contributed by atoms with E-state index in [4.69, 9.17) is 11.6 Å². The van der Waals surface area contributed by atoms with Gasteiger partial charge in [0.2, 0.25) is 0 Å². The Morgan fingerprint density at radius 3 is 3.04 bits per heavy atom. The second kappa shape index (κ2) is 7.07. The number of amides is 1. The zero-order valence-electron chi connectivity index (χ0n) is 13.7. The van der Waals surface area contributed by atoms with Crippen LogP contribution in [0.3, 0.4) is 0 Å². The van der Waals surface area contributed by atoms with Gasteiger partial charge in [0.15, 0.2) is 0 Å². The molecule has 1 aromatic carbocycles. The highest BCUT2D eigenvalue weighted by Gasteiger charge is 2.42. The monoisotopic (exact) mass is 357 g/mol. The van der Waals surface area contributed by atoms with Gasteiger partial charge in [-0.25, -0.2) is 4.98 Å². The molecule has 2 fully saturated rings. The standard InChI is InChI=1S/C18H20ClN5O/c19-13-4-1-3-12(9-13)14-10-22-23-17(14)16-5-2-8-24(16)18(25)15-11-20-6-7-21-15/h1,3-4,6-7,9,11,14,16-17,22-23H,2,5,8,10H2. The minimum absolute atomic E-state index is 0.0471. The summed E-state index contributed by atoms with van der Waals surface area (Å²) in [5.41, 5.74) is 8.23. The fourth-order valence-electron chi connectivity index (χ4n) is 3.92. The molecule has 1 aromatic heterocycles. The predicted octanol–water partition coefficient (Wildman–Crippen LogP) is 1.99. The number of aromatic nitrogens is 2. The first-order valence-corrected chi connectivity index (χ1v) is 8.92. The molecule has 7 heteroatoms. The fourth-order valence-corrected chi connectivity index (χ4v) is 4.11. The molecule has 2 aliphatic heterocycles. The number of nitrogens with zero attached hydrogens (tertiary/aromatic N) is 3. The molecular weight excluding hydrogens is 338 g/mol. The number of carbonyl (C=O) groups excluding carboxylic acids is 1. The summed E-state index contributed by atoms with van der Waals surface area (Å²) in [5.74, 6) is 0.216. The number of nitrogens with one attached hydrogen (secondary N) is 2. The molecule has 0 aliphatic carbocycles. The summed E-state index contributed by atoms with van der Waals surface area (Å²) in [4.78, 5) is 23.0. The Balaban J connectivity index is 1.58. The van der Waals surface area contributed by atoms with Crippen LogP contribution < -0.4 is 10.9 Å². The van der Waals surface area contributed by atoms with Gasteiger partial charge < -0.3 is 4.90 Å². The van der Waals surface area contributed by atoms with Crippen LogP contribution in [0.15, 0.2) is 42.9 Å². The lowest BCUT2D eigenvalue weighted by Gasteiger charge is -2.32. The third kappa shape index (κ3) is 3.25. The lowest BCUT2D eigenvalue weighted by atomic mass is 9.87. The summed E-state index contributed by atoms with van der Waals surface area (Å²) in [6.45, 7) is 1.56. The largest absolute Gasteiger partial charge is 0.333 e. The van der Waals surface area contributed by atoms with Gasteiger partial charge in [-0.2, -0.15) is 0 Å². The van der Waals surface area contributed by atoms with E-state index in [9.17, 15) is 4.79 Å². The normalized spacial score (nSPS) is 26.1. The molecule has 0 bridgehead atoms. The number of hydrogen-bond donors (Lipinski definition) is 2. The number of rotatable bonds is 3. The molecule has 2 aliphatic rings. The summed E-state index contributed by atoms with van der Waals surface area (Å²) in [7, 11) is 0. The molecule has 0 radical (unpaired) electrons. The third-order valence-corrected chi connectivity index (χ3v) is 5.29. The quantitative estimate of drug-likeness (QED) is 0.879. The Bertz CT molecular complexity index is 756. The molecule has 130 valence electrons. The SMILES string of the molecule is O=C(c1cnccn1)N1CCCC1C1NNCC1c1cccc(Cl)c1. The first-order chi connectivity index (χ1) is 12.2. The van der Waals surface area contributed by atoms with Crippen LogP contribution >= 0.6 is 11.6 Å². The predicted molar refractivity (Wildman–Crippen MR) is 95.2 cm³/mol. The molecule has 2 saturated heterocycles. The minimum atomic E-state index is -0.0471. The molecule has 4 rings (SSSR count). The van der Waals surface area contributed by atoms with Gasteiger partial charge in [-0.15, -0.1) is 0 Å². The van der Waals surface area contributed by atoms with Crippen molar-refractivity contribution in [2.45, 2.75) is 30.8 Å². The highest BCUT2D eigenvalue weighted by Crippen LogP contribution is 2.32. The number of hydrogen-bond acceptors (Lipinski definition) is 5. The van der Waals surface area contributed by atoms with Crippen LogP contribution in [-0.2, 0) is 0 Å². The molecule has 2 N–H and O–H groups in total. The van der Waals surface area contributed by atoms with Crippen LogP contribution in [0.1, 0.15) is 34.8 Å². The molecule has 3 unspecified atom stereocenters. The van der Waals surface area contributed by atoms with E-state index >= 15 is 0 Å². The Labute approximate surface area is 151 Å². The maximum absolute atomic E-state index is 12.9. The lowest BCUT2D eigenvalue weighted by Crippen LogP contribution is -2.50. The van der Waals surface area contributed by atoms with Gasteiger partial charge in [0.1, 0.15) is 5.69 Å². The van der Waals surface area contributed by atoms with E-state index in [0.717, 1.165) is 31.0 Å². The second-order valence-electron chi connectivity index (χ2n) is 6.51. The van der Waals surface area contributed by atoms with Crippen molar-refractivity contribution >= 4 is 17.5 Å². The Kier molecular flexibility index (Phi) is 4.65. The van der Waals surface area contributed by atoms with Crippen molar-refractivity contribution in [3.8, 4) is 0 Å². The third-order valence-electron chi connectivity index (χ3n) is 5.06. The molecule has 0 saturated carbocycles. The molecule has 2 aromatic rings. The van der Waals surface area contributed by atoms with Crippen LogP contribution in [0.25, 0.3) is 0 Å². The zero-order valence-corrected chi connectivity index (χ0v) is 14.5. The van der Waals surface area contributed by atoms with Gasteiger partial charge in [0.25, 0.3) is 5.91 Å². The van der Waals surface area contributed by atoms with Crippen LogP contribution in [0.5, 0.6) is 0 Å². The molecule has 3 atom stereocenters. The molecule has 25 heavy (non-hydrogen) atoms. The minimum Gasteiger partial charge on any atom is -0.333 e. The van der Waals surface area contributed by atoms with Crippen molar-refractivity contribution in [3.05, 3.63) is 59.1 Å². The van der Waals surface area contributed by atoms with E-state index in [0.29, 0.717) is 5.69 Å². The average molecular weight is 358 g/mol. The van der Waals surface area contributed by atoms with Crippen molar-refractivity contribution < 1.29 is 4.79 Å². The highest BCUT2D eigenvalue weighted by molar-refractivity contribution is 6.30. The summed E-state index contributed by atoms with van der Waals surface area (Å²) in [6, 6.07) is 8.23. The van der Waals surface area contributed by atoms with Gasteiger partial charge in [0.05, 0.1) is 6.20 Å². The van der Waals surface area contributed by atoms with E-state index < -0.39 is 0 Å². The van der Waals surface area contributed by atoms with Crippen molar-refractivity contribution in [3.63, 3.8) is 0 Å². The van der Waals surface area contributed by atoms with Crippen molar-refractivity contribution in [2.24, 2.45) is 0 Å². The number of benzene rings is 1. The van der Waals surface area contributed by atoms with Gasteiger partial charge in [-0.1, -0.05) is 23.7 Å². The van der Waals surface area contributed by atoms with E-state index in [1.54, 1.807) is 12.4 Å². The summed E-state index contributed by atoms with van der Waals surface area (Å²) < 4.78 is 0. The van der Waals surface area contributed by atoms with Crippen molar-refractivity contribution in [2.75, 3.05) is 13.1 Å². The topological polar surface area (TPSA) is 70.2 Å². The fraction of sp³-hybridized carbons (Fsp3) is 0.389. The molecule has 1 amide bonds. The molecule has 3 heterocycles. The van der Waals surface area contributed by atoms with Gasteiger partial charge in [-0.3, -0.25) is 20.6 Å². The number of likely N-dealkylation sites (tertiary alicyclic amines) is 1. The molecule has 0 spiro atoms. The number of hydrazine groups is 1. The van der Waals surface area contributed by atoms with Gasteiger partial charge in [0, 0.05) is 48.5 Å². The smallest absolute Gasteiger partial charge is 0.274 e. The van der Waals surface area contributed by atoms with E-state index in [1.165, 1.54) is 11.8 Å². The van der Waals surface area contributed by atoms with Gasteiger partial charge in [-0.05, 0) is 30.5 Å². The van der Waals surface area contributed by atoms with Crippen LogP contribution in [0, 0.1) is 0 Å². The maximum Gasteiger partial charge on any atom is 0.274 e. The average Bonchev–Trinajstić information content (AvgIpc) is 3.30. The van der Waals surface area contributed by atoms with E-state index in [1.807, 2.05) is 23.1 Å². The number of carbonyl (C=O) groups is 1. The Hall–Kier alpha value is -2.02. The number of halogens is 1. The van der Waals surface area contributed by atoms with E-state index in [2.05, 4.69) is 26.9 Å². The van der Waals surface area contributed by atoms with Crippen LogP contribution in [0.4, 0.5) is 0 Å². The lowest BCUT2D eigenvalue weighted by molar-refractivity contribution is 0.0698. The first-order valence-electron chi connectivity index (χ1n) is 8.55. The van der Waals surface area contributed by atoms with Gasteiger partial charge >= 0.3 is 0 Å². The maximum atomic E-state index is 12.9. The Morgan fingerprint density at radius 2 is 2.24 bits per heavy atom. The van der Waals surface area contributed by atoms with Crippen molar-refractivity contribution in [1.29, 1.82) is 0 Å².